The summed E-state index contributed by atoms with van der Waals surface area (Å²) >= 11 is 0. The number of aromatic nitrogens is 1. The molecule has 1 heteroatoms. The fourth-order valence-electron chi connectivity index (χ4n) is 3.33. The Balaban J connectivity index is 2.23. The van der Waals surface area contributed by atoms with Gasteiger partial charge in [-0.05, 0) is 46.8 Å². The van der Waals surface area contributed by atoms with Gasteiger partial charge < -0.3 is 0 Å². The molecule has 0 unspecified atom stereocenters. The lowest BCUT2D eigenvalue weighted by Gasteiger charge is -2.11. The molecule has 0 bridgehead atoms. The largest absolute Gasteiger partial charge is 0.220 e. The van der Waals surface area contributed by atoms with Crippen LogP contribution in [-0.4, -0.2) is 0 Å². The number of benzene rings is 3. The van der Waals surface area contributed by atoms with Gasteiger partial charge in [-0.2, -0.15) is 4.57 Å². The standard InChI is InChI=1S/C22H20N/c1-15-8-4-7-11-20(15)22-21-14-18-10-6-5-9-17(18)13-19(21)12-16(2)23(22)3/h4-14H,1-3H3/q+1/i12D. The van der Waals surface area contributed by atoms with Gasteiger partial charge in [-0.15, -0.1) is 0 Å². The van der Waals surface area contributed by atoms with Crippen LogP contribution in [0.1, 0.15) is 12.6 Å². The second-order valence-corrected chi connectivity index (χ2v) is 6.18. The summed E-state index contributed by atoms with van der Waals surface area (Å²) in [5.41, 5.74) is 4.64. The zero-order chi connectivity index (χ0) is 16.8. The van der Waals surface area contributed by atoms with Crippen molar-refractivity contribution in [3.63, 3.8) is 0 Å². The van der Waals surface area contributed by atoms with Crippen LogP contribution < -0.4 is 4.57 Å². The Morgan fingerprint density at radius 2 is 1.48 bits per heavy atom. The first-order chi connectivity index (χ1) is 11.6. The lowest BCUT2D eigenvalue weighted by Crippen LogP contribution is -2.35. The topological polar surface area (TPSA) is 3.88 Å². The van der Waals surface area contributed by atoms with Crippen molar-refractivity contribution in [1.82, 2.24) is 0 Å². The maximum atomic E-state index is 8.60. The van der Waals surface area contributed by atoms with E-state index in [0.717, 1.165) is 16.5 Å². The third-order valence-electron chi connectivity index (χ3n) is 4.70. The van der Waals surface area contributed by atoms with Crippen molar-refractivity contribution in [2.75, 3.05) is 0 Å². The molecule has 0 radical (unpaired) electrons. The number of pyridine rings is 1. The van der Waals surface area contributed by atoms with Gasteiger partial charge in [-0.3, -0.25) is 0 Å². The highest BCUT2D eigenvalue weighted by Crippen LogP contribution is 2.31. The fourth-order valence-corrected chi connectivity index (χ4v) is 3.33. The average molecular weight is 299 g/mol. The fraction of sp³-hybridized carbons (Fsp3) is 0.136. The molecule has 0 saturated carbocycles. The smallest absolute Gasteiger partial charge is 0.198 e. The highest BCUT2D eigenvalue weighted by molar-refractivity contribution is 6.03. The molecule has 0 saturated heterocycles. The molecule has 0 aliphatic carbocycles. The monoisotopic (exact) mass is 299 g/mol. The van der Waals surface area contributed by atoms with E-state index in [1.54, 1.807) is 0 Å². The van der Waals surface area contributed by atoms with Crippen LogP contribution in [0.3, 0.4) is 0 Å². The zero-order valence-electron chi connectivity index (χ0n) is 14.7. The van der Waals surface area contributed by atoms with Crippen LogP contribution in [-0.2, 0) is 7.05 Å². The molecule has 4 aromatic rings. The van der Waals surface area contributed by atoms with Gasteiger partial charge in [-0.1, -0.05) is 42.5 Å². The van der Waals surface area contributed by atoms with E-state index in [1.165, 1.54) is 27.6 Å². The first-order valence-corrected chi connectivity index (χ1v) is 7.95. The summed E-state index contributed by atoms with van der Waals surface area (Å²) in [5, 5.41) is 4.55. The molecule has 0 fully saturated rings. The zero-order valence-corrected chi connectivity index (χ0v) is 13.7. The van der Waals surface area contributed by atoms with E-state index < -0.39 is 0 Å². The first-order valence-electron chi connectivity index (χ1n) is 8.45. The van der Waals surface area contributed by atoms with Crippen LogP contribution >= 0.6 is 0 Å². The van der Waals surface area contributed by atoms with E-state index in [9.17, 15) is 0 Å². The Morgan fingerprint density at radius 3 is 2.22 bits per heavy atom. The van der Waals surface area contributed by atoms with Gasteiger partial charge in [0.15, 0.2) is 5.69 Å². The molecule has 23 heavy (non-hydrogen) atoms. The number of hydrogen-bond donors (Lipinski definition) is 0. The summed E-state index contributed by atoms with van der Waals surface area (Å²) in [6, 6.07) is 21.8. The van der Waals surface area contributed by atoms with Crippen molar-refractivity contribution < 1.29 is 5.94 Å². The van der Waals surface area contributed by atoms with Gasteiger partial charge in [0.05, 0.1) is 6.76 Å². The Bertz CT molecular complexity index is 1100. The minimum Gasteiger partial charge on any atom is -0.198 e. The summed E-state index contributed by atoms with van der Waals surface area (Å²) in [6.45, 7) is 4.17. The maximum Gasteiger partial charge on any atom is 0.220 e. The lowest BCUT2D eigenvalue weighted by atomic mass is 9.96. The van der Waals surface area contributed by atoms with E-state index in [4.69, 9.17) is 1.37 Å². The molecule has 0 aliphatic rings. The van der Waals surface area contributed by atoms with Crippen molar-refractivity contribution in [2.45, 2.75) is 13.8 Å². The molecular formula is C22H20N+. The van der Waals surface area contributed by atoms with Crippen molar-refractivity contribution in [1.29, 1.82) is 0 Å². The van der Waals surface area contributed by atoms with E-state index in [1.807, 2.05) is 6.92 Å². The van der Waals surface area contributed by atoms with Crippen LogP contribution in [0.4, 0.5) is 0 Å². The quantitative estimate of drug-likeness (QED) is 0.340. The predicted octanol–water partition coefficient (Wildman–Crippen LogP) is 5.10. The van der Waals surface area contributed by atoms with Crippen LogP contribution in [0.2, 0.25) is 0 Å². The Morgan fingerprint density at radius 1 is 0.826 bits per heavy atom. The van der Waals surface area contributed by atoms with Gasteiger partial charge in [-0.25, -0.2) is 0 Å². The predicted molar refractivity (Wildman–Crippen MR) is 97.5 cm³/mol. The first kappa shape index (κ1) is 12.8. The minimum atomic E-state index is 0.607. The summed E-state index contributed by atoms with van der Waals surface area (Å²) in [7, 11) is 2.06. The van der Waals surface area contributed by atoms with Crippen molar-refractivity contribution >= 4 is 21.5 Å². The number of nitrogens with zero attached hydrogens (tertiary/aromatic N) is 1. The summed E-state index contributed by atoms with van der Waals surface area (Å²) < 4.78 is 10.8. The minimum absolute atomic E-state index is 0.607. The van der Waals surface area contributed by atoms with Crippen LogP contribution in [0, 0.1) is 13.8 Å². The number of fused-ring (bicyclic) bond motifs is 2. The Labute approximate surface area is 138 Å². The number of hydrogen-bond acceptors (Lipinski definition) is 0. The normalized spacial score (nSPS) is 11.9. The molecule has 0 spiro atoms. The van der Waals surface area contributed by atoms with Gasteiger partial charge >= 0.3 is 0 Å². The third kappa shape index (κ3) is 2.20. The Hall–Kier alpha value is -2.67. The second-order valence-electron chi connectivity index (χ2n) is 6.18. The van der Waals surface area contributed by atoms with E-state index >= 15 is 0 Å². The molecule has 0 atom stereocenters. The molecule has 1 nitrogen and oxygen atoms in total. The molecule has 0 N–H and O–H groups in total. The molecule has 0 amide bonds. The molecule has 1 heterocycles. The van der Waals surface area contributed by atoms with Crippen molar-refractivity contribution in [2.24, 2.45) is 7.05 Å². The molecular weight excluding hydrogens is 278 g/mol. The summed E-state index contributed by atoms with van der Waals surface area (Å²) in [5.74, 6) is 0. The van der Waals surface area contributed by atoms with Gasteiger partial charge in [0.2, 0.25) is 5.69 Å². The van der Waals surface area contributed by atoms with Crippen LogP contribution in [0.25, 0.3) is 32.8 Å². The van der Waals surface area contributed by atoms with Gasteiger partial charge in [0.25, 0.3) is 0 Å². The molecule has 3 aromatic carbocycles. The lowest BCUT2D eigenvalue weighted by molar-refractivity contribution is -0.665. The average Bonchev–Trinajstić information content (AvgIpc) is 2.60. The van der Waals surface area contributed by atoms with Crippen molar-refractivity contribution in [3.05, 3.63) is 78.0 Å². The van der Waals surface area contributed by atoms with E-state index in [2.05, 4.69) is 79.2 Å². The van der Waals surface area contributed by atoms with Crippen LogP contribution in [0.15, 0.2) is 66.7 Å². The third-order valence-corrected chi connectivity index (χ3v) is 4.70. The molecule has 1 aromatic heterocycles. The van der Waals surface area contributed by atoms with Gasteiger partial charge in [0.1, 0.15) is 7.05 Å². The van der Waals surface area contributed by atoms with E-state index in [0.29, 0.717) is 6.04 Å². The molecule has 4 rings (SSSR count). The molecule has 0 aliphatic heterocycles. The number of rotatable bonds is 1. The highest BCUT2D eigenvalue weighted by atomic mass is 14.9. The summed E-state index contributed by atoms with van der Waals surface area (Å²) in [6.07, 6.45) is 0. The molecule has 112 valence electrons. The van der Waals surface area contributed by atoms with E-state index in [-0.39, 0.29) is 0 Å². The van der Waals surface area contributed by atoms with Crippen molar-refractivity contribution in [3.8, 4) is 11.3 Å². The van der Waals surface area contributed by atoms with Crippen LogP contribution in [0.5, 0.6) is 0 Å². The van der Waals surface area contributed by atoms with Gasteiger partial charge in [0, 0.05) is 18.5 Å². The Kier molecular flexibility index (Phi) is 2.90. The maximum absolute atomic E-state index is 8.60. The highest BCUT2D eigenvalue weighted by Gasteiger charge is 2.19. The summed E-state index contributed by atoms with van der Waals surface area (Å²) in [4.78, 5) is 0. The second kappa shape index (κ2) is 5.20. The number of aryl methyl sites for hydroxylation is 1. The SMILES string of the molecule is [2H]c1c(C)[n+](C)c(-c2ccccc2C)c2cc3ccccc3cc12.